The highest BCUT2D eigenvalue weighted by Gasteiger charge is 2.67. The van der Waals surface area contributed by atoms with Crippen LogP contribution in [-0.4, -0.2) is 53.5 Å². The Bertz CT molecular complexity index is 920. The molecule has 9 heteroatoms. The summed E-state index contributed by atoms with van der Waals surface area (Å²) in [6, 6.07) is 1.89. The zero-order valence-electron chi connectivity index (χ0n) is 18.4. The second-order valence-corrected chi connectivity index (χ2v) is 8.97. The van der Waals surface area contributed by atoms with E-state index < -0.39 is 59.2 Å². The summed E-state index contributed by atoms with van der Waals surface area (Å²) in [7, 11) is 0. The molecule has 0 amide bonds. The highest BCUT2D eigenvalue weighted by Crippen LogP contribution is 2.59. The third-order valence-electron chi connectivity index (χ3n) is 7.30. The Labute approximate surface area is 185 Å². The quantitative estimate of drug-likeness (QED) is 0.518. The van der Waals surface area contributed by atoms with Crippen LogP contribution < -0.4 is 5.32 Å². The van der Waals surface area contributed by atoms with Crippen LogP contribution in [0.2, 0.25) is 0 Å². The standard InChI is InChI=1S/C23H29F2NO6/c1-4-23(21(30)31)17(11-32-12(2)27)26-16(10-24)22(3,20(28)29)19(23)14-6-5-7-15(25)18(14)13-8-9-13/h5-7,13,16-17,19,26H,4,8-11H2,1-3H3,(H,28,29)(H,30,31). The van der Waals surface area contributed by atoms with E-state index in [1.807, 2.05) is 0 Å². The van der Waals surface area contributed by atoms with E-state index in [0.717, 1.165) is 0 Å². The largest absolute Gasteiger partial charge is 0.481 e. The fraction of sp³-hybridized carbons (Fsp3) is 0.609. The van der Waals surface area contributed by atoms with Crippen LogP contribution in [0.3, 0.4) is 0 Å². The lowest BCUT2D eigenvalue weighted by Gasteiger charge is -2.56. The number of carbonyl (C=O) groups excluding carboxylic acids is 1. The number of aliphatic carboxylic acids is 2. The highest BCUT2D eigenvalue weighted by molar-refractivity contribution is 5.84. The van der Waals surface area contributed by atoms with Crippen molar-refractivity contribution >= 4 is 17.9 Å². The van der Waals surface area contributed by atoms with Crippen molar-refractivity contribution < 1.29 is 38.1 Å². The Morgan fingerprint density at radius 2 is 1.84 bits per heavy atom. The van der Waals surface area contributed by atoms with E-state index in [9.17, 15) is 33.4 Å². The molecular weight excluding hydrogens is 424 g/mol. The van der Waals surface area contributed by atoms with Gasteiger partial charge in [-0.3, -0.25) is 14.4 Å². The Morgan fingerprint density at radius 1 is 1.19 bits per heavy atom. The SMILES string of the molecule is CCC1(C(=O)O)C(COC(C)=O)NC(CF)C(C)(C(=O)O)C1c1cccc(F)c1C1CC1. The lowest BCUT2D eigenvalue weighted by atomic mass is 9.50. The van der Waals surface area contributed by atoms with Gasteiger partial charge in [-0.25, -0.2) is 8.78 Å². The molecular formula is C23H29F2NO6. The molecule has 1 aromatic carbocycles. The van der Waals surface area contributed by atoms with E-state index >= 15 is 0 Å². The van der Waals surface area contributed by atoms with Gasteiger partial charge in [-0.15, -0.1) is 0 Å². The number of carboxylic acids is 2. The minimum absolute atomic E-state index is 0.0472. The van der Waals surface area contributed by atoms with Gasteiger partial charge >= 0.3 is 17.9 Å². The van der Waals surface area contributed by atoms with Gasteiger partial charge in [-0.2, -0.15) is 0 Å². The predicted octanol–water partition coefficient (Wildman–Crippen LogP) is 3.23. The number of carbonyl (C=O) groups is 3. The molecule has 1 saturated carbocycles. The molecule has 3 rings (SSSR count). The van der Waals surface area contributed by atoms with Gasteiger partial charge in [0.05, 0.1) is 22.9 Å². The average molecular weight is 453 g/mol. The van der Waals surface area contributed by atoms with E-state index in [4.69, 9.17) is 4.74 Å². The van der Waals surface area contributed by atoms with Gasteiger partial charge in [0.2, 0.25) is 0 Å². The molecule has 0 spiro atoms. The van der Waals surface area contributed by atoms with Gasteiger partial charge in [0, 0.05) is 12.8 Å². The summed E-state index contributed by atoms with van der Waals surface area (Å²) in [5.41, 5.74) is -3.14. The zero-order chi connectivity index (χ0) is 23.8. The lowest BCUT2D eigenvalue weighted by Crippen LogP contribution is -2.71. The topological polar surface area (TPSA) is 113 Å². The van der Waals surface area contributed by atoms with Gasteiger partial charge < -0.3 is 20.3 Å². The third-order valence-corrected chi connectivity index (χ3v) is 7.30. The van der Waals surface area contributed by atoms with Crippen molar-refractivity contribution in [2.45, 2.75) is 64.0 Å². The first-order valence-electron chi connectivity index (χ1n) is 10.8. The number of benzene rings is 1. The van der Waals surface area contributed by atoms with Crippen molar-refractivity contribution in [1.82, 2.24) is 5.32 Å². The number of ether oxygens (including phenoxy) is 1. The highest BCUT2D eigenvalue weighted by atomic mass is 19.1. The Kier molecular flexibility index (Phi) is 6.60. The summed E-state index contributed by atoms with van der Waals surface area (Å²) >= 11 is 0. The maximum atomic E-state index is 15.0. The van der Waals surface area contributed by atoms with Crippen LogP contribution in [0.4, 0.5) is 8.78 Å². The van der Waals surface area contributed by atoms with Crippen LogP contribution in [0.5, 0.6) is 0 Å². The van der Waals surface area contributed by atoms with E-state index in [1.54, 1.807) is 13.0 Å². The summed E-state index contributed by atoms with van der Waals surface area (Å²) in [6.07, 6.45) is 1.37. The molecule has 1 heterocycles. The maximum Gasteiger partial charge on any atom is 0.312 e. The fourth-order valence-electron chi connectivity index (χ4n) is 5.46. The van der Waals surface area contributed by atoms with Crippen molar-refractivity contribution in [2.75, 3.05) is 13.3 Å². The normalized spacial score (nSPS) is 32.3. The number of esters is 1. The van der Waals surface area contributed by atoms with Crippen molar-refractivity contribution in [1.29, 1.82) is 0 Å². The maximum absolute atomic E-state index is 15.0. The van der Waals surface area contributed by atoms with Crippen molar-refractivity contribution in [2.24, 2.45) is 10.8 Å². The number of hydrogen-bond acceptors (Lipinski definition) is 5. The third kappa shape index (κ3) is 3.66. The molecule has 5 unspecified atom stereocenters. The van der Waals surface area contributed by atoms with Gasteiger partial charge in [0.15, 0.2) is 0 Å². The number of hydrogen-bond donors (Lipinski definition) is 3. The summed E-state index contributed by atoms with van der Waals surface area (Å²) in [5.74, 6) is -5.28. The van der Waals surface area contributed by atoms with E-state index in [-0.39, 0.29) is 24.5 Å². The van der Waals surface area contributed by atoms with Gasteiger partial charge in [0.1, 0.15) is 19.1 Å². The molecule has 1 aliphatic carbocycles. The van der Waals surface area contributed by atoms with Gasteiger partial charge in [0.25, 0.3) is 0 Å². The summed E-state index contributed by atoms with van der Waals surface area (Å²) in [5, 5.41) is 23.6. The summed E-state index contributed by atoms with van der Waals surface area (Å²) < 4.78 is 34.3. The van der Waals surface area contributed by atoms with Crippen LogP contribution in [0.1, 0.15) is 63.0 Å². The second kappa shape index (κ2) is 8.77. The van der Waals surface area contributed by atoms with Crippen LogP contribution in [0.15, 0.2) is 18.2 Å². The molecule has 1 saturated heterocycles. The molecule has 1 aliphatic heterocycles. The first kappa shape index (κ1) is 24.1. The molecule has 3 N–H and O–H groups in total. The number of carboxylic acid groups (broad SMARTS) is 2. The van der Waals surface area contributed by atoms with Crippen LogP contribution in [0, 0.1) is 16.6 Å². The smallest absolute Gasteiger partial charge is 0.312 e. The molecule has 0 bridgehead atoms. The number of nitrogens with one attached hydrogen (secondary N) is 1. The number of alkyl halides is 1. The van der Waals surface area contributed by atoms with E-state index in [1.165, 1.54) is 26.0 Å². The molecule has 176 valence electrons. The van der Waals surface area contributed by atoms with Crippen molar-refractivity contribution in [3.63, 3.8) is 0 Å². The summed E-state index contributed by atoms with van der Waals surface area (Å²) in [6.45, 7) is 2.60. The predicted molar refractivity (Wildman–Crippen MR) is 111 cm³/mol. The first-order chi connectivity index (χ1) is 15.0. The van der Waals surface area contributed by atoms with Crippen molar-refractivity contribution in [3.8, 4) is 0 Å². The molecule has 0 aromatic heterocycles. The second-order valence-electron chi connectivity index (χ2n) is 8.97. The Hall–Kier alpha value is -2.55. The average Bonchev–Trinajstić information content (AvgIpc) is 3.56. The first-order valence-corrected chi connectivity index (χ1v) is 10.8. The van der Waals surface area contributed by atoms with E-state index in [0.29, 0.717) is 18.4 Å². The van der Waals surface area contributed by atoms with Crippen LogP contribution >= 0.6 is 0 Å². The monoisotopic (exact) mass is 453 g/mol. The van der Waals surface area contributed by atoms with Crippen molar-refractivity contribution in [3.05, 3.63) is 35.1 Å². The molecule has 5 atom stereocenters. The van der Waals surface area contributed by atoms with Crippen LogP contribution in [0.25, 0.3) is 0 Å². The fourth-order valence-corrected chi connectivity index (χ4v) is 5.46. The lowest BCUT2D eigenvalue weighted by molar-refractivity contribution is -0.177. The molecule has 1 aromatic rings. The Balaban J connectivity index is 2.34. The molecule has 0 radical (unpaired) electrons. The molecule has 2 fully saturated rings. The van der Waals surface area contributed by atoms with Crippen LogP contribution in [-0.2, 0) is 19.1 Å². The van der Waals surface area contributed by atoms with Gasteiger partial charge in [-0.05, 0) is 49.3 Å². The number of piperidine rings is 1. The molecule has 2 aliphatic rings. The van der Waals surface area contributed by atoms with Gasteiger partial charge in [-0.1, -0.05) is 19.1 Å². The number of rotatable bonds is 8. The molecule has 32 heavy (non-hydrogen) atoms. The minimum Gasteiger partial charge on any atom is -0.481 e. The summed E-state index contributed by atoms with van der Waals surface area (Å²) in [4.78, 5) is 37.0. The zero-order valence-corrected chi connectivity index (χ0v) is 18.4. The Morgan fingerprint density at radius 3 is 2.31 bits per heavy atom. The number of halogens is 2. The minimum atomic E-state index is -1.91. The van der Waals surface area contributed by atoms with E-state index in [2.05, 4.69) is 5.32 Å². The molecule has 7 nitrogen and oxygen atoms in total.